The summed E-state index contributed by atoms with van der Waals surface area (Å²) in [5, 5.41) is 17.8. The van der Waals surface area contributed by atoms with Gasteiger partial charge in [0.2, 0.25) is 0 Å². The Kier molecular flexibility index (Phi) is 9.65. The van der Waals surface area contributed by atoms with Crippen LogP contribution in [-0.4, -0.2) is 54.6 Å². The number of hydrogen-bond acceptors (Lipinski definition) is 7. The molecule has 1 aromatic carbocycles. The van der Waals surface area contributed by atoms with Crippen molar-refractivity contribution in [1.82, 2.24) is 15.4 Å². The number of nitrogens with zero attached hydrogens (tertiary/aromatic N) is 2. The van der Waals surface area contributed by atoms with Crippen molar-refractivity contribution in [2.75, 3.05) is 33.4 Å². The van der Waals surface area contributed by atoms with E-state index in [1.165, 1.54) is 32.1 Å². The van der Waals surface area contributed by atoms with Gasteiger partial charge in [-0.3, -0.25) is 0 Å². The Morgan fingerprint density at radius 2 is 1.87 bits per heavy atom. The summed E-state index contributed by atoms with van der Waals surface area (Å²) >= 11 is 0. The molecular weight excluding hydrogens is 394 g/mol. The lowest BCUT2D eigenvalue weighted by molar-refractivity contribution is 0.0645. The minimum atomic E-state index is -0.514. The zero-order valence-corrected chi connectivity index (χ0v) is 18.9. The van der Waals surface area contributed by atoms with Crippen LogP contribution in [-0.2, 0) is 19.5 Å². The van der Waals surface area contributed by atoms with Crippen molar-refractivity contribution in [2.45, 2.75) is 64.6 Å². The minimum Gasteiger partial charge on any atom is -0.493 e. The average Bonchev–Trinajstić information content (AvgIpc) is 3.22. The Labute approximate surface area is 185 Å². The molecule has 1 aromatic heterocycles. The number of aliphatic hydroxyl groups is 1. The maximum absolute atomic E-state index is 10.5. The number of aryl methyl sites for hydroxylation is 1. The number of methoxy groups -OCH3 is 1. The van der Waals surface area contributed by atoms with Crippen molar-refractivity contribution < 1.29 is 19.1 Å². The molecule has 1 aliphatic rings. The number of benzene rings is 1. The van der Waals surface area contributed by atoms with E-state index in [1.54, 1.807) is 7.11 Å². The molecule has 3 rings (SSSR count). The quantitative estimate of drug-likeness (QED) is 0.563. The molecule has 7 heteroatoms. The molecule has 1 unspecified atom stereocenters. The van der Waals surface area contributed by atoms with E-state index in [0.717, 1.165) is 36.5 Å². The molecule has 1 atom stereocenters. The average molecular weight is 432 g/mol. The molecular formula is C24H37N3O4. The Hall–Kier alpha value is -2.09. The van der Waals surface area contributed by atoms with Crippen LogP contribution in [0.5, 0.6) is 11.5 Å². The summed E-state index contributed by atoms with van der Waals surface area (Å²) in [6.07, 6.45) is 6.71. The van der Waals surface area contributed by atoms with Crippen molar-refractivity contribution in [1.29, 1.82) is 0 Å². The summed E-state index contributed by atoms with van der Waals surface area (Å²) in [6.45, 7) is 6.40. The molecule has 0 amide bonds. The summed E-state index contributed by atoms with van der Waals surface area (Å²) in [6, 6.07) is 7.85. The van der Waals surface area contributed by atoms with Crippen LogP contribution in [0.4, 0.5) is 0 Å². The zero-order valence-electron chi connectivity index (χ0n) is 18.9. The van der Waals surface area contributed by atoms with Crippen LogP contribution in [0.15, 0.2) is 28.8 Å². The number of ether oxygens (including phenoxy) is 2. The van der Waals surface area contributed by atoms with Gasteiger partial charge in [0.25, 0.3) is 0 Å². The van der Waals surface area contributed by atoms with Crippen LogP contribution in [0.2, 0.25) is 0 Å². The molecule has 1 saturated heterocycles. The Balaban J connectivity index is 1.45. The lowest BCUT2D eigenvalue weighted by Crippen LogP contribution is -2.37. The number of β-amino-alcohol motifs (C(OH)–C–C–N with tert-alkyl or cyclic N) is 1. The van der Waals surface area contributed by atoms with E-state index in [0.29, 0.717) is 31.1 Å². The lowest BCUT2D eigenvalue weighted by Gasteiger charge is -2.26. The lowest BCUT2D eigenvalue weighted by atomic mass is 10.1. The van der Waals surface area contributed by atoms with Gasteiger partial charge in [0.15, 0.2) is 17.3 Å². The van der Waals surface area contributed by atoms with Crippen LogP contribution in [0.3, 0.4) is 0 Å². The van der Waals surface area contributed by atoms with Gasteiger partial charge in [0, 0.05) is 19.2 Å². The van der Waals surface area contributed by atoms with Gasteiger partial charge >= 0.3 is 0 Å². The van der Waals surface area contributed by atoms with Crippen LogP contribution < -0.4 is 14.8 Å². The van der Waals surface area contributed by atoms with Crippen LogP contribution in [0, 0.1) is 0 Å². The topological polar surface area (TPSA) is 80.0 Å². The van der Waals surface area contributed by atoms with E-state index in [2.05, 4.69) is 22.3 Å². The number of nitrogens with one attached hydrogen (secondary N) is 1. The highest BCUT2D eigenvalue weighted by Crippen LogP contribution is 2.28. The molecule has 31 heavy (non-hydrogen) atoms. The second-order valence-electron chi connectivity index (χ2n) is 8.26. The molecule has 0 spiro atoms. The Morgan fingerprint density at radius 3 is 2.58 bits per heavy atom. The first-order valence-corrected chi connectivity index (χ1v) is 11.5. The predicted octanol–water partition coefficient (Wildman–Crippen LogP) is 3.54. The second-order valence-corrected chi connectivity index (χ2v) is 8.26. The maximum atomic E-state index is 10.5. The van der Waals surface area contributed by atoms with E-state index in [-0.39, 0.29) is 6.61 Å². The highest BCUT2D eigenvalue weighted by atomic mass is 16.5. The van der Waals surface area contributed by atoms with Crippen LogP contribution in [0.25, 0.3) is 0 Å². The molecule has 7 nitrogen and oxygen atoms in total. The minimum absolute atomic E-state index is 0.260. The highest BCUT2D eigenvalue weighted by Gasteiger charge is 2.15. The number of hydrogen-bond donors (Lipinski definition) is 2. The predicted molar refractivity (Wildman–Crippen MR) is 120 cm³/mol. The summed E-state index contributed by atoms with van der Waals surface area (Å²) in [4.78, 5) is 2.36. The van der Waals surface area contributed by atoms with E-state index in [1.807, 2.05) is 24.3 Å². The number of likely N-dealkylation sites (tertiary alicyclic amines) is 1. The van der Waals surface area contributed by atoms with Gasteiger partial charge in [0.1, 0.15) is 12.7 Å². The van der Waals surface area contributed by atoms with Gasteiger partial charge in [-0.05, 0) is 50.0 Å². The first kappa shape index (κ1) is 23.6. The molecule has 0 aliphatic carbocycles. The maximum Gasteiger partial charge on any atom is 0.161 e. The van der Waals surface area contributed by atoms with Gasteiger partial charge in [-0.15, -0.1) is 0 Å². The number of aliphatic hydroxyl groups excluding tert-OH is 1. The molecule has 2 heterocycles. The first-order chi connectivity index (χ1) is 15.2. The van der Waals surface area contributed by atoms with Gasteiger partial charge in [-0.1, -0.05) is 37.4 Å². The van der Waals surface area contributed by atoms with E-state index in [9.17, 15) is 5.11 Å². The van der Waals surface area contributed by atoms with Crippen LogP contribution in [0.1, 0.15) is 56.0 Å². The normalized spacial score (nSPS) is 16.5. The SMILES string of the molecule is CCc1cc(CNCc2ccc(OCC(O)CN3CCCCCCC3)c(OC)c2)on1. The third kappa shape index (κ3) is 7.83. The smallest absolute Gasteiger partial charge is 0.161 e. The first-order valence-electron chi connectivity index (χ1n) is 11.5. The molecule has 1 fully saturated rings. The molecule has 0 bridgehead atoms. The molecule has 172 valence electrons. The summed E-state index contributed by atoms with van der Waals surface area (Å²) in [5.74, 6) is 2.16. The fourth-order valence-electron chi connectivity index (χ4n) is 3.91. The second kappa shape index (κ2) is 12.7. The Morgan fingerprint density at radius 1 is 1.10 bits per heavy atom. The molecule has 2 N–H and O–H groups in total. The van der Waals surface area contributed by atoms with Crippen molar-refractivity contribution in [3.8, 4) is 11.5 Å². The van der Waals surface area contributed by atoms with Crippen LogP contribution >= 0.6 is 0 Å². The van der Waals surface area contributed by atoms with Gasteiger partial charge in [-0.2, -0.15) is 0 Å². The van der Waals surface area contributed by atoms with Gasteiger partial charge in [0.05, 0.1) is 19.3 Å². The molecule has 1 aliphatic heterocycles. The zero-order chi connectivity index (χ0) is 21.9. The number of rotatable bonds is 11. The fourth-order valence-corrected chi connectivity index (χ4v) is 3.91. The summed E-state index contributed by atoms with van der Waals surface area (Å²) < 4.78 is 16.7. The van der Waals surface area contributed by atoms with E-state index in [4.69, 9.17) is 14.0 Å². The molecule has 0 saturated carbocycles. The van der Waals surface area contributed by atoms with Gasteiger partial charge in [-0.25, -0.2) is 0 Å². The third-order valence-electron chi connectivity index (χ3n) is 5.68. The molecule has 2 aromatic rings. The molecule has 0 radical (unpaired) electrons. The fraction of sp³-hybridized carbons (Fsp3) is 0.625. The third-order valence-corrected chi connectivity index (χ3v) is 5.68. The van der Waals surface area contributed by atoms with Crippen molar-refractivity contribution >= 4 is 0 Å². The van der Waals surface area contributed by atoms with Crippen molar-refractivity contribution in [3.05, 3.63) is 41.3 Å². The monoisotopic (exact) mass is 431 g/mol. The standard InChI is InChI=1S/C24H37N3O4/c1-3-20-14-22(31-26-20)16-25-15-19-9-10-23(24(13-19)29-2)30-18-21(28)17-27-11-7-5-4-6-8-12-27/h9-10,13-14,21,25,28H,3-8,11-12,15-18H2,1-2H3. The highest BCUT2D eigenvalue weighted by molar-refractivity contribution is 5.43. The van der Waals surface area contributed by atoms with Crippen molar-refractivity contribution in [3.63, 3.8) is 0 Å². The summed E-state index contributed by atoms with van der Waals surface area (Å²) in [7, 11) is 1.64. The van der Waals surface area contributed by atoms with Gasteiger partial charge < -0.3 is 29.3 Å². The number of aromatic nitrogens is 1. The largest absolute Gasteiger partial charge is 0.493 e. The summed E-state index contributed by atoms with van der Waals surface area (Å²) in [5.41, 5.74) is 2.05. The van der Waals surface area contributed by atoms with E-state index >= 15 is 0 Å². The Bertz CT molecular complexity index is 772. The van der Waals surface area contributed by atoms with E-state index < -0.39 is 6.10 Å². The van der Waals surface area contributed by atoms with Crippen molar-refractivity contribution in [2.24, 2.45) is 0 Å².